The first-order chi connectivity index (χ1) is 17.7. The molecule has 4 rings (SSSR count). The Hall–Kier alpha value is -4.30. The molecule has 3 aromatic carbocycles. The van der Waals surface area contributed by atoms with Crippen LogP contribution in [0.1, 0.15) is 31.0 Å². The maximum atomic E-state index is 13.4. The van der Waals surface area contributed by atoms with Crippen LogP contribution in [0, 0.1) is 0 Å². The standard InChI is InChI=1S/C28H25ClN2O6/c1-4-37-23-15-18(7-14-22(23)29)26(33)24-25(17-5-12-21(36-3)13-6-17)31(28(35)27(24)34)20-10-8-19(9-11-20)30-16(2)32/h5-15,25,33H,4H2,1-3H3,(H,30,32)/b26-24-. The van der Waals surface area contributed by atoms with Crippen molar-refractivity contribution in [1.29, 1.82) is 0 Å². The Kier molecular flexibility index (Phi) is 7.50. The number of hydrogen-bond donors (Lipinski definition) is 2. The zero-order valence-corrected chi connectivity index (χ0v) is 21.2. The zero-order valence-electron chi connectivity index (χ0n) is 20.4. The number of rotatable bonds is 7. The number of halogens is 1. The van der Waals surface area contributed by atoms with Crippen molar-refractivity contribution in [1.82, 2.24) is 0 Å². The first kappa shape index (κ1) is 25.8. The highest BCUT2D eigenvalue weighted by Crippen LogP contribution is 2.43. The number of methoxy groups -OCH3 is 1. The summed E-state index contributed by atoms with van der Waals surface area (Å²) in [5.41, 5.74) is 1.75. The summed E-state index contributed by atoms with van der Waals surface area (Å²) in [5.74, 6) is -1.28. The molecule has 1 unspecified atom stereocenters. The summed E-state index contributed by atoms with van der Waals surface area (Å²) >= 11 is 6.20. The Morgan fingerprint density at radius 1 is 1.05 bits per heavy atom. The summed E-state index contributed by atoms with van der Waals surface area (Å²) < 4.78 is 10.8. The lowest BCUT2D eigenvalue weighted by atomic mass is 9.95. The number of nitrogens with zero attached hydrogens (tertiary/aromatic N) is 1. The van der Waals surface area contributed by atoms with Crippen LogP contribution in [-0.4, -0.2) is 36.4 Å². The first-order valence-corrected chi connectivity index (χ1v) is 11.9. The molecule has 8 nitrogen and oxygen atoms in total. The van der Waals surface area contributed by atoms with E-state index in [1.54, 1.807) is 67.6 Å². The molecule has 2 amide bonds. The average molecular weight is 521 g/mol. The van der Waals surface area contributed by atoms with Gasteiger partial charge < -0.3 is 19.9 Å². The van der Waals surface area contributed by atoms with Gasteiger partial charge in [0.2, 0.25) is 5.91 Å². The Labute approximate surface area is 219 Å². The largest absolute Gasteiger partial charge is 0.507 e. The molecular weight excluding hydrogens is 496 g/mol. The molecule has 0 bridgehead atoms. The number of carbonyl (C=O) groups is 3. The van der Waals surface area contributed by atoms with Crippen LogP contribution in [0.4, 0.5) is 11.4 Å². The molecule has 2 N–H and O–H groups in total. The molecule has 1 aliphatic rings. The predicted octanol–water partition coefficient (Wildman–Crippen LogP) is 5.33. The van der Waals surface area contributed by atoms with E-state index in [2.05, 4.69) is 5.32 Å². The molecule has 1 saturated heterocycles. The molecule has 1 fully saturated rings. The van der Waals surface area contributed by atoms with Crippen molar-refractivity contribution in [3.8, 4) is 11.5 Å². The molecule has 1 aliphatic heterocycles. The molecule has 0 saturated carbocycles. The van der Waals surface area contributed by atoms with E-state index in [-0.39, 0.29) is 22.8 Å². The highest BCUT2D eigenvalue weighted by atomic mass is 35.5. The van der Waals surface area contributed by atoms with E-state index in [4.69, 9.17) is 21.1 Å². The average Bonchev–Trinajstić information content (AvgIpc) is 3.15. The number of anilines is 2. The molecule has 37 heavy (non-hydrogen) atoms. The number of aliphatic hydroxyl groups excluding tert-OH is 1. The second-order valence-corrected chi connectivity index (χ2v) is 8.66. The highest BCUT2D eigenvalue weighted by molar-refractivity contribution is 6.51. The zero-order chi connectivity index (χ0) is 26.7. The van der Waals surface area contributed by atoms with Crippen LogP contribution in [0.5, 0.6) is 11.5 Å². The SMILES string of the molecule is CCOc1cc(/C(O)=C2/C(=O)C(=O)N(c3ccc(NC(C)=O)cc3)C2c2ccc(OC)cc2)ccc1Cl. The Morgan fingerprint density at radius 3 is 2.32 bits per heavy atom. The van der Waals surface area contributed by atoms with Gasteiger partial charge in [-0.25, -0.2) is 0 Å². The van der Waals surface area contributed by atoms with Crippen LogP contribution in [0.2, 0.25) is 5.02 Å². The van der Waals surface area contributed by atoms with Gasteiger partial charge in [-0.05, 0) is 67.1 Å². The number of benzene rings is 3. The minimum atomic E-state index is -0.927. The normalized spacial score (nSPS) is 16.5. The van der Waals surface area contributed by atoms with Gasteiger partial charge in [0.25, 0.3) is 11.7 Å². The van der Waals surface area contributed by atoms with Crippen LogP contribution in [-0.2, 0) is 14.4 Å². The van der Waals surface area contributed by atoms with Crippen molar-refractivity contribution >= 4 is 46.3 Å². The molecular formula is C28H25ClN2O6. The van der Waals surface area contributed by atoms with E-state index in [9.17, 15) is 19.5 Å². The molecule has 0 aromatic heterocycles. The summed E-state index contributed by atoms with van der Waals surface area (Å²) in [6.45, 7) is 3.55. The molecule has 1 atom stereocenters. The van der Waals surface area contributed by atoms with Gasteiger partial charge in [-0.1, -0.05) is 23.7 Å². The predicted molar refractivity (Wildman–Crippen MR) is 141 cm³/mol. The fourth-order valence-electron chi connectivity index (χ4n) is 4.18. The summed E-state index contributed by atoms with van der Waals surface area (Å²) in [5, 5.41) is 14.4. The third-order valence-electron chi connectivity index (χ3n) is 5.85. The highest BCUT2D eigenvalue weighted by Gasteiger charge is 2.47. The van der Waals surface area contributed by atoms with E-state index in [1.807, 2.05) is 0 Å². The number of carbonyl (C=O) groups excluding carboxylic acids is 3. The fraction of sp³-hybridized carbons (Fsp3) is 0.179. The molecule has 0 spiro atoms. The second kappa shape index (κ2) is 10.8. The van der Waals surface area contributed by atoms with Crippen LogP contribution in [0.25, 0.3) is 5.76 Å². The van der Waals surface area contributed by atoms with Gasteiger partial charge in [-0.3, -0.25) is 19.3 Å². The van der Waals surface area contributed by atoms with E-state index < -0.39 is 17.7 Å². The van der Waals surface area contributed by atoms with Crippen molar-refractivity contribution in [2.24, 2.45) is 0 Å². The van der Waals surface area contributed by atoms with Gasteiger partial charge in [0.05, 0.1) is 30.4 Å². The summed E-state index contributed by atoms with van der Waals surface area (Å²) in [6, 6.07) is 17.1. The summed E-state index contributed by atoms with van der Waals surface area (Å²) in [7, 11) is 1.54. The quantitative estimate of drug-likeness (QED) is 0.248. The monoisotopic (exact) mass is 520 g/mol. The number of nitrogens with one attached hydrogen (secondary N) is 1. The fourth-order valence-corrected chi connectivity index (χ4v) is 4.35. The van der Waals surface area contributed by atoms with E-state index >= 15 is 0 Å². The number of Topliss-reactive ketones (excluding diaryl/α,β-unsaturated/α-hetero) is 1. The van der Waals surface area contributed by atoms with E-state index in [0.29, 0.717) is 40.1 Å². The Morgan fingerprint density at radius 2 is 1.73 bits per heavy atom. The minimum Gasteiger partial charge on any atom is -0.507 e. The van der Waals surface area contributed by atoms with Gasteiger partial charge in [0, 0.05) is 23.9 Å². The lowest BCUT2D eigenvalue weighted by Gasteiger charge is -2.26. The molecule has 9 heteroatoms. The number of aliphatic hydroxyl groups is 1. The number of hydrogen-bond acceptors (Lipinski definition) is 6. The maximum absolute atomic E-state index is 13.4. The van der Waals surface area contributed by atoms with Gasteiger partial charge in [-0.15, -0.1) is 0 Å². The number of ether oxygens (including phenoxy) is 2. The van der Waals surface area contributed by atoms with Crippen LogP contribution in [0.15, 0.2) is 72.3 Å². The molecule has 3 aromatic rings. The molecule has 0 aliphatic carbocycles. The lowest BCUT2D eigenvalue weighted by Crippen LogP contribution is -2.29. The van der Waals surface area contributed by atoms with Crippen molar-refractivity contribution in [3.63, 3.8) is 0 Å². The molecule has 190 valence electrons. The molecule has 1 heterocycles. The van der Waals surface area contributed by atoms with Gasteiger partial charge in [0.15, 0.2) is 0 Å². The van der Waals surface area contributed by atoms with E-state index in [0.717, 1.165) is 0 Å². The van der Waals surface area contributed by atoms with Gasteiger partial charge >= 0.3 is 0 Å². The van der Waals surface area contributed by atoms with Crippen LogP contribution >= 0.6 is 11.6 Å². The maximum Gasteiger partial charge on any atom is 0.300 e. The van der Waals surface area contributed by atoms with Crippen molar-refractivity contribution < 1.29 is 29.0 Å². The van der Waals surface area contributed by atoms with Crippen molar-refractivity contribution in [2.45, 2.75) is 19.9 Å². The Balaban J connectivity index is 1.87. The van der Waals surface area contributed by atoms with Crippen molar-refractivity contribution in [2.75, 3.05) is 23.9 Å². The van der Waals surface area contributed by atoms with Crippen LogP contribution in [0.3, 0.4) is 0 Å². The van der Waals surface area contributed by atoms with E-state index in [1.165, 1.54) is 25.0 Å². The third-order valence-corrected chi connectivity index (χ3v) is 6.16. The second-order valence-electron chi connectivity index (χ2n) is 8.25. The summed E-state index contributed by atoms with van der Waals surface area (Å²) in [6.07, 6.45) is 0. The van der Waals surface area contributed by atoms with Gasteiger partial charge in [0.1, 0.15) is 17.3 Å². The van der Waals surface area contributed by atoms with Gasteiger partial charge in [-0.2, -0.15) is 0 Å². The number of ketones is 1. The van der Waals surface area contributed by atoms with Crippen molar-refractivity contribution in [3.05, 3.63) is 88.5 Å². The minimum absolute atomic E-state index is 0.0779. The van der Waals surface area contributed by atoms with Crippen LogP contribution < -0.4 is 19.7 Å². The smallest absolute Gasteiger partial charge is 0.300 e. The topological polar surface area (TPSA) is 105 Å². The Bertz CT molecular complexity index is 1380. The number of amides is 2. The third kappa shape index (κ3) is 5.15. The summed E-state index contributed by atoms with van der Waals surface area (Å²) in [4.78, 5) is 39.4. The first-order valence-electron chi connectivity index (χ1n) is 11.5. The molecule has 0 radical (unpaired) electrons. The lowest BCUT2D eigenvalue weighted by molar-refractivity contribution is -0.132.